The van der Waals surface area contributed by atoms with Gasteiger partial charge in [-0.15, -0.1) is 0 Å². The van der Waals surface area contributed by atoms with E-state index in [2.05, 4.69) is 25.6 Å². The summed E-state index contributed by atoms with van der Waals surface area (Å²) < 4.78 is 17.7. The van der Waals surface area contributed by atoms with Crippen LogP contribution in [0.3, 0.4) is 0 Å². The lowest BCUT2D eigenvalue weighted by molar-refractivity contribution is 0.0527. The van der Waals surface area contributed by atoms with Crippen LogP contribution in [0.15, 0.2) is 35.4 Å². The number of amides is 1. The maximum absolute atomic E-state index is 13.4. The number of nitrogens with zero attached hydrogens (tertiary/aromatic N) is 4. The zero-order chi connectivity index (χ0) is 26.8. The Morgan fingerprint density at radius 1 is 1.11 bits per heavy atom. The van der Waals surface area contributed by atoms with Crippen molar-refractivity contribution in [3.63, 3.8) is 0 Å². The second-order valence-electron chi connectivity index (χ2n) is 9.39. The second kappa shape index (κ2) is 13.0. The number of pyridine rings is 2. The van der Waals surface area contributed by atoms with Gasteiger partial charge >= 0.3 is 6.09 Å². The first-order chi connectivity index (χ1) is 17.7. The van der Waals surface area contributed by atoms with Crippen molar-refractivity contribution in [3.05, 3.63) is 40.9 Å². The molecule has 11 heteroatoms. The molecule has 0 radical (unpaired) electrons. The molecule has 0 aromatic carbocycles. The summed E-state index contributed by atoms with van der Waals surface area (Å²) in [6.07, 6.45) is 4.33. The van der Waals surface area contributed by atoms with E-state index in [9.17, 15) is 9.59 Å². The summed E-state index contributed by atoms with van der Waals surface area (Å²) >= 11 is 0. The fourth-order valence-corrected chi connectivity index (χ4v) is 3.49. The Hall–Kier alpha value is -3.73. The van der Waals surface area contributed by atoms with E-state index < -0.39 is 11.7 Å². The number of carbonyl (C=O) groups is 1. The molecule has 0 unspecified atom stereocenters. The van der Waals surface area contributed by atoms with Crippen LogP contribution in [0.4, 0.5) is 10.6 Å². The van der Waals surface area contributed by atoms with Crippen molar-refractivity contribution in [1.29, 1.82) is 0 Å². The molecule has 3 aromatic heterocycles. The van der Waals surface area contributed by atoms with E-state index in [0.29, 0.717) is 61.9 Å². The molecule has 0 aliphatic heterocycles. The fourth-order valence-electron chi connectivity index (χ4n) is 3.49. The van der Waals surface area contributed by atoms with E-state index in [1.807, 2.05) is 39.8 Å². The van der Waals surface area contributed by atoms with Gasteiger partial charge in [-0.05, 0) is 45.7 Å². The molecule has 2 N–H and O–H groups in total. The Morgan fingerprint density at radius 2 is 1.92 bits per heavy atom. The topological polar surface area (TPSA) is 129 Å². The summed E-state index contributed by atoms with van der Waals surface area (Å²) in [7, 11) is 1.56. The van der Waals surface area contributed by atoms with Crippen molar-refractivity contribution in [2.24, 2.45) is 0 Å². The van der Waals surface area contributed by atoms with Crippen molar-refractivity contribution < 1.29 is 19.0 Å². The number of aromatic nitrogens is 4. The first-order valence-corrected chi connectivity index (χ1v) is 12.4. The Bertz CT molecular complexity index is 1240. The van der Waals surface area contributed by atoms with E-state index in [4.69, 9.17) is 14.2 Å². The Morgan fingerprint density at radius 3 is 2.59 bits per heavy atom. The first kappa shape index (κ1) is 27.9. The van der Waals surface area contributed by atoms with Crippen LogP contribution in [0, 0.1) is 0 Å². The van der Waals surface area contributed by atoms with Crippen LogP contribution in [0.5, 0.6) is 5.88 Å². The SMILES string of the molecule is CCCOCCn1c(=O)c(NCCCNC(=O)OC(C)(C)C)nc2cnc(-c3ccc(OC)nc3)cc21. The number of hydrogen-bond donors (Lipinski definition) is 2. The number of anilines is 1. The lowest BCUT2D eigenvalue weighted by Gasteiger charge is -2.19. The summed E-state index contributed by atoms with van der Waals surface area (Å²) in [6.45, 7) is 9.70. The van der Waals surface area contributed by atoms with Crippen LogP contribution in [-0.4, -0.2) is 64.6 Å². The predicted molar refractivity (Wildman–Crippen MR) is 142 cm³/mol. The van der Waals surface area contributed by atoms with Crippen LogP contribution < -0.4 is 20.9 Å². The summed E-state index contributed by atoms with van der Waals surface area (Å²) in [5.41, 5.74) is 1.89. The van der Waals surface area contributed by atoms with Crippen LogP contribution in [0.1, 0.15) is 40.5 Å². The lowest BCUT2D eigenvalue weighted by Crippen LogP contribution is -2.33. The highest BCUT2D eigenvalue weighted by Crippen LogP contribution is 2.22. The van der Waals surface area contributed by atoms with Gasteiger partial charge in [-0.3, -0.25) is 9.78 Å². The maximum Gasteiger partial charge on any atom is 0.407 e. The fraction of sp³-hybridized carbons (Fsp3) is 0.500. The molecule has 0 fully saturated rings. The van der Waals surface area contributed by atoms with Gasteiger partial charge in [-0.25, -0.2) is 14.8 Å². The average molecular weight is 513 g/mol. The minimum atomic E-state index is -0.555. The van der Waals surface area contributed by atoms with Crippen LogP contribution in [0.25, 0.3) is 22.3 Å². The zero-order valence-corrected chi connectivity index (χ0v) is 22.2. The molecule has 3 heterocycles. The Kier molecular flexibility index (Phi) is 9.78. The van der Waals surface area contributed by atoms with Crippen molar-refractivity contribution >= 4 is 22.9 Å². The Labute approximate surface area is 216 Å². The van der Waals surface area contributed by atoms with Gasteiger partial charge in [-0.2, -0.15) is 0 Å². The minimum Gasteiger partial charge on any atom is -0.481 e. The van der Waals surface area contributed by atoms with E-state index in [1.165, 1.54) is 0 Å². The normalized spacial score (nSPS) is 11.4. The molecule has 1 amide bonds. The number of fused-ring (bicyclic) bond motifs is 1. The largest absolute Gasteiger partial charge is 0.481 e. The molecule has 200 valence electrons. The molecule has 0 saturated heterocycles. The third kappa shape index (κ3) is 8.14. The van der Waals surface area contributed by atoms with Crippen LogP contribution >= 0.6 is 0 Å². The highest BCUT2D eigenvalue weighted by Gasteiger charge is 2.16. The third-order valence-electron chi connectivity index (χ3n) is 5.20. The minimum absolute atomic E-state index is 0.223. The number of hydrogen-bond acceptors (Lipinski definition) is 9. The summed E-state index contributed by atoms with van der Waals surface area (Å²) in [6, 6.07) is 5.46. The number of alkyl carbamates (subject to hydrolysis) is 1. The van der Waals surface area contributed by atoms with Crippen LogP contribution in [0.2, 0.25) is 0 Å². The molecule has 0 saturated carbocycles. The monoisotopic (exact) mass is 512 g/mol. The number of carbonyl (C=O) groups excluding carboxylic acids is 1. The number of ether oxygens (including phenoxy) is 3. The maximum atomic E-state index is 13.4. The molecular formula is C26H36N6O5. The van der Waals surface area contributed by atoms with E-state index in [1.54, 1.807) is 30.1 Å². The number of methoxy groups -OCH3 is 1. The Balaban J connectivity index is 1.78. The highest BCUT2D eigenvalue weighted by atomic mass is 16.6. The summed E-state index contributed by atoms with van der Waals surface area (Å²) in [4.78, 5) is 38.5. The number of rotatable bonds is 12. The molecule has 0 atom stereocenters. The quantitative estimate of drug-likeness (QED) is 0.350. The summed E-state index contributed by atoms with van der Waals surface area (Å²) in [5.74, 6) is 0.731. The molecule has 3 aromatic rings. The van der Waals surface area contributed by atoms with Crippen molar-refractivity contribution in [2.45, 2.75) is 52.7 Å². The molecule has 0 spiro atoms. The first-order valence-electron chi connectivity index (χ1n) is 12.4. The zero-order valence-electron chi connectivity index (χ0n) is 22.2. The summed E-state index contributed by atoms with van der Waals surface area (Å²) in [5, 5.41) is 5.80. The van der Waals surface area contributed by atoms with Gasteiger partial charge in [0.1, 0.15) is 11.1 Å². The molecule has 11 nitrogen and oxygen atoms in total. The van der Waals surface area contributed by atoms with Crippen molar-refractivity contribution in [2.75, 3.05) is 38.7 Å². The molecule has 0 aliphatic rings. The van der Waals surface area contributed by atoms with Gasteiger partial charge in [0.05, 0.1) is 31.1 Å². The highest BCUT2D eigenvalue weighted by molar-refractivity contribution is 5.80. The number of nitrogens with one attached hydrogen (secondary N) is 2. The molecule has 0 aliphatic carbocycles. The molecule has 3 rings (SSSR count). The molecular weight excluding hydrogens is 476 g/mol. The van der Waals surface area contributed by atoms with Crippen molar-refractivity contribution in [3.8, 4) is 17.1 Å². The molecule has 37 heavy (non-hydrogen) atoms. The van der Waals surface area contributed by atoms with Crippen molar-refractivity contribution in [1.82, 2.24) is 24.8 Å². The van der Waals surface area contributed by atoms with Gasteiger partial charge in [0.15, 0.2) is 5.82 Å². The third-order valence-corrected chi connectivity index (χ3v) is 5.20. The van der Waals surface area contributed by atoms with E-state index in [-0.39, 0.29) is 11.4 Å². The smallest absolute Gasteiger partial charge is 0.407 e. The van der Waals surface area contributed by atoms with Gasteiger partial charge in [0.2, 0.25) is 5.88 Å². The van der Waals surface area contributed by atoms with Crippen LogP contribution in [-0.2, 0) is 16.0 Å². The van der Waals surface area contributed by atoms with Gasteiger partial charge < -0.3 is 29.4 Å². The van der Waals surface area contributed by atoms with E-state index >= 15 is 0 Å². The molecule has 0 bridgehead atoms. The predicted octanol–water partition coefficient (Wildman–Crippen LogP) is 3.62. The second-order valence-corrected chi connectivity index (χ2v) is 9.39. The van der Waals surface area contributed by atoms with Gasteiger partial charge in [-0.1, -0.05) is 6.92 Å². The average Bonchev–Trinajstić information content (AvgIpc) is 2.86. The van der Waals surface area contributed by atoms with Gasteiger partial charge in [0, 0.05) is 44.1 Å². The lowest BCUT2D eigenvalue weighted by atomic mass is 10.2. The standard InChI is InChI=1S/C26H36N6O5/c1-6-13-36-14-12-32-21-15-19(18-8-9-22(35-5)30-16-18)29-17-20(21)31-23(24(32)33)27-10-7-11-28-25(34)37-26(2,3)4/h8-9,15-17H,6-7,10-14H2,1-5H3,(H,27,31)(H,28,34). The van der Waals surface area contributed by atoms with Gasteiger partial charge in [0.25, 0.3) is 5.56 Å². The van der Waals surface area contributed by atoms with E-state index in [0.717, 1.165) is 12.0 Å².